The first kappa shape index (κ1) is 19.1. The molecule has 138 valence electrons. The third-order valence-corrected chi connectivity index (χ3v) is 4.74. The van der Waals surface area contributed by atoms with Gasteiger partial charge in [-0.15, -0.1) is 0 Å². The number of carbonyl (C=O) groups is 2. The van der Waals surface area contributed by atoms with E-state index in [4.69, 9.17) is 4.74 Å². The third kappa shape index (κ3) is 5.66. The van der Waals surface area contributed by atoms with Crippen LogP contribution in [0.1, 0.15) is 45.1 Å². The zero-order chi connectivity index (χ0) is 18.2. The van der Waals surface area contributed by atoms with Crippen LogP contribution in [0.4, 0.5) is 16.2 Å². The van der Waals surface area contributed by atoms with Gasteiger partial charge in [-0.1, -0.05) is 25.8 Å². The zero-order valence-electron chi connectivity index (χ0n) is 15.4. The highest BCUT2D eigenvalue weighted by Gasteiger charge is 2.22. The van der Waals surface area contributed by atoms with Crippen LogP contribution >= 0.6 is 0 Å². The van der Waals surface area contributed by atoms with Crippen molar-refractivity contribution < 1.29 is 14.3 Å². The number of carbonyl (C=O) groups excluding carboxylic acids is 2. The molecule has 6 nitrogen and oxygen atoms in total. The average molecular weight is 347 g/mol. The largest absolute Gasteiger partial charge is 0.450 e. The molecule has 0 aliphatic heterocycles. The fraction of sp³-hybridized carbons (Fsp3) is 0.579. The molecule has 0 aromatic heterocycles. The first-order valence-electron chi connectivity index (χ1n) is 9.08. The van der Waals surface area contributed by atoms with Gasteiger partial charge in [0.05, 0.1) is 13.2 Å². The Labute approximate surface area is 149 Å². The monoisotopic (exact) mass is 347 g/mol. The Kier molecular flexibility index (Phi) is 7.10. The van der Waals surface area contributed by atoms with Crippen molar-refractivity contribution in [1.29, 1.82) is 0 Å². The number of ether oxygens (including phenoxy) is 1. The van der Waals surface area contributed by atoms with E-state index in [-0.39, 0.29) is 18.5 Å². The van der Waals surface area contributed by atoms with Gasteiger partial charge >= 0.3 is 6.09 Å². The van der Waals surface area contributed by atoms with Gasteiger partial charge < -0.3 is 15.4 Å². The number of rotatable bonds is 6. The molecule has 0 unspecified atom stereocenters. The van der Waals surface area contributed by atoms with E-state index in [0.29, 0.717) is 18.2 Å². The van der Waals surface area contributed by atoms with Crippen molar-refractivity contribution in [1.82, 2.24) is 5.32 Å². The van der Waals surface area contributed by atoms with Crippen molar-refractivity contribution in [2.24, 2.45) is 5.92 Å². The molecular formula is C19H29N3O3. The molecule has 1 aliphatic rings. The second kappa shape index (κ2) is 9.30. The molecule has 1 aliphatic carbocycles. The van der Waals surface area contributed by atoms with Gasteiger partial charge in [0.1, 0.15) is 0 Å². The molecule has 2 atom stereocenters. The summed E-state index contributed by atoms with van der Waals surface area (Å²) in [5.74, 6) is 0.540. The Morgan fingerprint density at radius 2 is 1.92 bits per heavy atom. The standard InChI is InChI=1S/C19H29N3O3/c1-4-25-19(24)22-17-11-7-10-16(14(17)3)20-12-18(23)21-15-9-6-5-8-13(15)2/h7,10-11,13,15,20H,4-6,8-9,12H2,1-3H3,(H,21,23)(H,22,24)/t13-,15+/m1/s1. The van der Waals surface area contributed by atoms with Crippen LogP contribution < -0.4 is 16.0 Å². The van der Waals surface area contributed by atoms with Crippen molar-refractivity contribution in [3.05, 3.63) is 23.8 Å². The Morgan fingerprint density at radius 3 is 2.64 bits per heavy atom. The van der Waals surface area contributed by atoms with Crippen molar-refractivity contribution >= 4 is 23.4 Å². The van der Waals surface area contributed by atoms with Crippen LogP contribution in [0, 0.1) is 12.8 Å². The Balaban J connectivity index is 1.89. The van der Waals surface area contributed by atoms with Gasteiger partial charge in [-0.05, 0) is 50.3 Å². The summed E-state index contributed by atoms with van der Waals surface area (Å²) in [5.41, 5.74) is 2.36. The van der Waals surface area contributed by atoms with Gasteiger partial charge in [0, 0.05) is 17.4 Å². The molecule has 2 amide bonds. The van der Waals surface area contributed by atoms with Crippen LogP contribution in [0.25, 0.3) is 0 Å². The molecule has 1 aromatic carbocycles. The maximum atomic E-state index is 12.2. The summed E-state index contributed by atoms with van der Waals surface area (Å²) in [6.45, 7) is 6.39. The number of benzene rings is 1. The van der Waals surface area contributed by atoms with E-state index in [0.717, 1.165) is 17.7 Å². The summed E-state index contributed by atoms with van der Waals surface area (Å²) in [6, 6.07) is 5.81. The van der Waals surface area contributed by atoms with E-state index in [9.17, 15) is 9.59 Å². The molecule has 0 radical (unpaired) electrons. The first-order chi connectivity index (χ1) is 12.0. The third-order valence-electron chi connectivity index (χ3n) is 4.74. The number of anilines is 2. The first-order valence-corrected chi connectivity index (χ1v) is 9.08. The molecule has 0 heterocycles. The van der Waals surface area contributed by atoms with Crippen LogP contribution in [0.3, 0.4) is 0 Å². The summed E-state index contributed by atoms with van der Waals surface area (Å²) in [4.78, 5) is 23.8. The van der Waals surface area contributed by atoms with E-state index in [1.54, 1.807) is 13.0 Å². The fourth-order valence-corrected chi connectivity index (χ4v) is 3.20. The number of hydrogen-bond donors (Lipinski definition) is 3. The minimum Gasteiger partial charge on any atom is -0.450 e. The van der Waals surface area contributed by atoms with Gasteiger partial charge in [0.2, 0.25) is 5.91 Å². The smallest absolute Gasteiger partial charge is 0.411 e. The Morgan fingerprint density at radius 1 is 1.20 bits per heavy atom. The normalized spacial score (nSPS) is 19.8. The van der Waals surface area contributed by atoms with Crippen LogP contribution in [0.2, 0.25) is 0 Å². The second-order valence-corrected chi connectivity index (χ2v) is 6.61. The van der Waals surface area contributed by atoms with Crippen LogP contribution in [-0.2, 0) is 9.53 Å². The summed E-state index contributed by atoms with van der Waals surface area (Å²) >= 11 is 0. The lowest BCUT2D eigenvalue weighted by atomic mass is 9.86. The van der Waals surface area contributed by atoms with Crippen LogP contribution in [0.15, 0.2) is 18.2 Å². The van der Waals surface area contributed by atoms with Crippen molar-refractivity contribution in [2.75, 3.05) is 23.8 Å². The maximum absolute atomic E-state index is 12.2. The van der Waals surface area contributed by atoms with Gasteiger partial charge in [-0.25, -0.2) is 4.79 Å². The van der Waals surface area contributed by atoms with Crippen molar-refractivity contribution in [3.63, 3.8) is 0 Å². The molecule has 1 fully saturated rings. The highest BCUT2D eigenvalue weighted by molar-refractivity contribution is 5.87. The quantitative estimate of drug-likeness (QED) is 0.733. The summed E-state index contributed by atoms with van der Waals surface area (Å²) < 4.78 is 4.90. The molecule has 25 heavy (non-hydrogen) atoms. The maximum Gasteiger partial charge on any atom is 0.411 e. The van der Waals surface area contributed by atoms with E-state index < -0.39 is 6.09 Å². The van der Waals surface area contributed by atoms with E-state index in [1.165, 1.54) is 19.3 Å². The lowest BCUT2D eigenvalue weighted by Crippen LogP contribution is -2.43. The van der Waals surface area contributed by atoms with Gasteiger partial charge in [-0.3, -0.25) is 10.1 Å². The topological polar surface area (TPSA) is 79.5 Å². The highest BCUT2D eigenvalue weighted by Crippen LogP contribution is 2.24. The molecular weight excluding hydrogens is 318 g/mol. The Bertz CT molecular complexity index is 604. The molecule has 0 bridgehead atoms. The molecule has 3 N–H and O–H groups in total. The lowest BCUT2D eigenvalue weighted by molar-refractivity contribution is -0.120. The number of nitrogens with one attached hydrogen (secondary N) is 3. The highest BCUT2D eigenvalue weighted by atomic mass is 16.5. The number of hydrogen-bond acceptors (Lipinski definition) is 4. The minimum absolute atomic E-state index is 0.00176. The van der Waals surface area contributed by atoms with Crippen LogP contribution in [0.5, 0.6) is 0 Å². The van der Waals surface area contributed by atoms with Crippen LogP contribution in [-0.4, -0.2) is 31.2 Å². The summed E-state index contributed by atoms with van der Waals surface area (Å²) in [7, 11) is 0. The molecule has 2 rings (SSSR count). The molecule has 0 spiro atoms. The van der Waals surface area contributed by atoms with Crippen molar-refractivity contribution in [2.45, 2.75) is 52.5 Å². The molecule has 1 saturated carbocycles. The van der Waals surface area contributed by atoms with Crippen molar-refractivity contribution in [3.8, 4) is 0 Å². The molecule has 6 heteroatoms. The predicted molar refractivity (Wildman–Crippen MR) is 99.9 cm³/mol. The van der Waals surface area contributed by atoms with Gasteiger partial charge in [-0.2, -0.15) is 0 Å². The summed E-state index contributed by atoms with van der Waals surface area (Å²) in [5, 5.41) is 9.00. The Hall–Kier alpha value is -2.24. The molecule has 0 saturated heterocycles. The van der Waals surface area contributed by atoms with E-state index >= 15 is 0 Å². The fourth-order valence-electron chi connectivity index (χ4n) is 3.20. The second-order valence-electron chi connectivity index (χ2n) is 6.61. The number of amides is 2. The predicted octanol–water partition coefficient (Wildman–Crippen LogP) is 3.67. The summed E-state index contributed by atoms with van der Waals surface area (Å²) in [6.07, 6.45) is 4.20. The van der Waals surface area contributed by atoms with E-state index in [1.807, 2.05) is 19.1 Å². The average Bonchev–Trinajstić information content (AvgIpc) is 2.58. The SMILES string of the molecule is CCOC(=O)Nc1cccc(NCC(=O)N[C@H]2CCCC[C@H]2C)c1C. The lowest BCUT2D eigenvalue weighted by Gasteiger charge is -2.29. The minimum atomic E-state index is -0.480. The van der Waals surface area contributed by atoms with Gasteiger partial charge in [0.25, 0.3) is 0 Å². The van der Waals surface area contributed by atoms with Gasteiger partial charge in [0.15, 0.2) is 0 Å². The zero-order valence-corrected chi connectivity index (χ0v) is 15.4. The molecule has 1 aromatic rings. The van der Waals surface area contributed by atoms with E-state index in [2.05, 4.69) is 22.9 Å².